The third-order valence-electron chi connectivity index (χ3n) is 2.62. The lowest BCUT2D eigenvalue weighted by Gasteiger charge is -2.20. The zero-order valence-corrected chi connectivity index (χ0v) is 12.3. The summed E-state index contributed by atoms with van der Waals surface area (Å²) >= 11 is 5.76. The SMILES string of the molecule is COCCOc1ccc(NC(=O)C(C)(C)CCl)cc1. The minimum atomic E-state index is -0.588. The largest absolute Gasteiger partial charge is 0.491 e. The number of rotatable bonds is 7. The highest BCUT2D eigenvalue weighted by Crippen LogP contribution is 2.21. The van der Waals surface area contributed by atoms with Gasteiger partial charge in [-0.05, 0) is 38.1 Å². The predicted octanol–water partition coefficient (Wildman–Crippen LogP) is 2.92. The third kappa shape index (κ3) is 5.09. The summed E-state index contributed by atoms with van der Waals surface area (Å²) in [4.78, 5) is 11.9. The van der Waals surface area contributed by atoms with Crippen molar-refractivity contribution in [3.63, 3.8) is 0 Å². The number of hydrogen-bond donors (Lipinski definition) is 1. The molecule has 0 spiro atoms. The average molecular weight is 286 g/mol. The molecule has 19 heavy (non-hydrogen) atoms. The van der Waals surface area contributed by atoms with Gasteiger partial charge in [0, 0.05) is 18.7 Å². The molecule has 0 fully saturated rings. The average Bonchev–Trinajstić information content (AvgIpc) is 2.41. The molecule has 1 N–H and O–H groups in total. The number of ether oxygens (including phenoxy) is 2. The van der Waals surface area contributed by atoms with E-state index in [1.165, 1.54) is 0 Å². The number of carbonyl (C=O) groups is 1. The van der Waals surface area contributed by atoms with Crippen LogP contribution in [0, 0.1) is 5.41 Å². The molecule has 5 heteroatoms. The predicted molar refractivity (Wildman–Crippen MR) is 76.9 cm³/mol. The van der Waals surface area contributed by atoms with Gasteiger partial charge in [0.05, 0.1) is 12.0 Å². The molecule has 4 nitrogen and oxygen atoms in total. The lowest BCUT2D eigenvalue weighted by Crippen LogP contribution is -2.32. The monoisotopic (exact) mass is 285 g/mol. The maximum atomic E-state index is 11.9. The highest BCUT2D eigenvalue weighted by Gasteiger charge is 2.26. The molecule has 1 aromatic carbocycles. The Hall–Kier alpha value is -1.26. The van der Waals surface area contributed by atoms with Gasteiger partial charge in [0.15, 0.2) is 0 Å². The first-order valence-electron chi connectivity index (χ1n) is 6.09. The van der Waals surface area contributed by atoms with Gasteiger partial charge < -0.3 is 14.8 Å². The molecule has 0 radical (unpaired) electrons. The minimum Gasteiger partial charge on any atom is -0.491 e. The molecule has 0 unspecified atom stereocenters. The van der Waals surface area contributed by atoms with Crippen LogP contribution in [0.4, 0.5) is 5.69 Å². The van der Waals surface area contributed by atoms with Crippen LogP contribution in [0.3, 0.4) is 0 Å². The quantitative estimate of drug-likeness (QED) is 0.619. The molecule has 0 aromatic heterocycles. The highest BCUT2D eigenvalue weighted by molar-refractivity contribution is 6.20. The molecule has 0 atom stereocenters. The van der Waals surface area contributed by atoms with Crippen molar-refractivity contribution in [1.82, 2.24) is 0 Å². The Morgan fingerprint density at radius 1 is 1.26 bits per heavy atom. The Labute approximate surface area is 119 Å². The van der Waals surface area contributed by atoms with Gasteiger partial charge in [0.2, 0.25) is 5.91 Å². The topological polar surface area (TPSA) is 47.6 Å². The molecule has 1 aromatic rings. The van der Waals surface area contributed by atoms with Crippen molar-refractivity contribution in [3.8, 4) is 5.75 Å². The van der Waals surface area contributed by atoms with Crippen LogP contribution >= 0.6 is 11.6 Å². The molecule has 0 aliphatic heterocycles. The Kier molecular flexibility index (Phi) is 6.12. The number of benzene rings is 1. The molecule has 1 amide bonds. The van der Waals surface area contributed by atoms with Crippen LogP contribution in [0.15, 0.2) is 24.3 Å². The van der Waals surface area contributed by atoms with Gasteiger partial charge in [-0.2, -0.15) is 0 Å². The lowest BCUT2D eigenvalue weighted by molar-refractivity contribution is -0.122. The fourth-order valence-electron chi connectivity index (χ4n) is 1.24. The van der Waals surface area contributed by atoms with E-state index in [4.69, 9.17) is 21.1 Å². The first-order valence-corrected chi connectivity index (χ1v) is 6.62. The summed E-state index contributed by atoms with van der Waals surface area (Å²) in [6.45, 7) is 4.65. The second-order valence-corrected chi connectivity index (χ2v) is 5.10. The third-order valence-corrected chi connectivity index (χ3v) is 3.29. The van der Waals surface area contributed by atoms with E-state index in [2.05, 4.69) is 5.32 Å². The highest BCUT2D eigenvalue weighted by atomic mass is 35.5. The van der Waals surface area contributed by atoms with E-state index in [9.17, 15) is 4.79 Å². The lowest BCUT2D eigenvalue weighted by atomic mass is 9.95. The molecular formula is C14H20ClNO3. The second kappa shape index (κ2) is 7.36. The number of alkyl halides is 1. The summed E-state index contributed by atoms with van der Waals surface area (Å²) in [5, 5.41) is 2.82. The van der Waals surface area contributed by atoms with E-state index in [0.29, 0.717) is 13.2 Å². The van der Waals surface area contributed by atoms with Crippen molar-refractivity contribution >= 4 is 23.2 Å². The minimum absolute atomic E-state index is 0.101. The van der Waals surface area contributed by atoms with Crippen LogP contribution in [0.2, 0.25) is 0 Å². The van der Waals surface area contributed by atoms with Gasteiger partial charge in [-0.15, -0.1) is 11.6 Å². The van der Waals surface area contributed by atoms with Crippen molar-refractivity contribution in [2.75, 3.05) is 31.5 Å². The number of halogens is 1. The zero-order valence-electron chi connectivity index (χ0n) is 11.5. The first-order chi connectivity index (χ1) is 8.99. The zero-order chi connectivity index (χ0) is 14.3. The van der Waals surface area contributed by atoms with E-state index in [0.717, 1.165) is 11.4 Å². The summed E-state index contributed by atoms with van der Waals surface area (Å²) in [6.07, 6.45) is 0. The van der Waals surface area contributed by atoms with Gasteiger partial charge >= 0.3 is 0 Å². The van der Waals surface area contributed by atoms with E-state index >= 15 is 0 Å². The molecule has 1 rings (SSSR count). The molecule has 0 bridgehead atoms. The maximum Gasteiger partial charge on any atom is 0.231 e. The first kappa shape index (κ1) is 15.8. The molecule has 0 aliphatic rings. The van der Waals surface area contributed by atoms with Gasteiger partial charge in [0.1, 0.15) is 12.4 Å². The Morgan fingerprint density at radius 3 is 2.42 bits per heavy atom. The summed E-state index contributed by atoms with van der Waals surface area (Å²) in [6, 6.07) is 7.20. The molecule has 0 saturated heterocycles. The van der Waals surface area contributed by atoms with Crippen molar-refractivity contribution in [3.05, 3.63) is 24.3 Å². The molecule has 0 aliphatic carbocycles. The number of amides is 1. The Balaban J connectivity index is 2.55. The smallest absolute Gasteiger partial charge is 0.231 e. The summed E-state index contributed by atoms with van der Waals surface area (Å²) in [5.41, 5.74) is 0.136. The summed E-state index contributed by atoms with van der Waals surface area (Å²) in [5.74, 6) is 0.916. The van der Waals surface area contributed by atoms with Crippen LogP contribution < -0.4 is 10.1 Å². The van der Waals surface area contributed by atoms with Crippen LogP contribution in [0.5, 0.6) is 5.75 Å². The summed E-state index contributed by atoms with van der Waals surface area (Å²) < 4.78 is 10.3. The van der Waals surface area contributed by atoms with Crippen molar-refractivity contribution in [1.29, 1.82) is 0 Å². The second-order valence-electron chi connectivity index (χ2n) is 4.84. The Bertz CT molecular complexity index is 404. The van der Waals surface area contributed by atoms with Crippen LogP contribution in [-0.2, 0) is 9.53 Å². The fraction of sp³-hybridized carbons (Fsp3) is 0.500. The normalized spacial score (nSPS) is 11.2. The van der Waals surface area contributed by atoms with E-state index in [1.54, 1.807) is 45.2 Å². The van der Waals surface area contributed by atoms with Gasteiger partial charge in [-0.25, -0.2) is 0 Å². The number of carbonyl (C=O) groups excluding carboxylic acids is 1. The van der Waals surface area contributed by atoms with Crippen molar-refractivity contribution < 1.29 is 14.3 Å². The van der Waals surface area contributed by atoms with Crippen molar-refractivity contribution in [2.24, 2.45) is 5.41 Å². The number of hydrogen-bond acceptors (Lipinski definition) is 3. The van der Waals surface area contributed by atoms with E-state index in [-0.39, 0.29) is 11.8 Å². The number of anilines is 1. The van der Waals surface area contributed by atoms with Crippen LogP contribution in [0.25, 0.3) is 0 Å². The molecule has 0 heterocycles. The van der Waals surface area contributed by atoms with E-state index < -0.39 is 5.41 Å². The molecule has 106 valence electrons. The van der Waals surface area contributed by atoms with Crippen LogP contribution in [0.1, 0.15) is 13.8 Å². The summed E-state index contributed by atoms with van der Waals surface area (Å²) in [7, 11) is 1.63. The van der Waals surface area contributed by atoms with Gasteiger partial charge in [-0.1, -0.05) is 0 Å². The van der Waals surface area contributed by atoms with Gasteiger partial charge in [-0.3, -0.25) is 4.79 Å². The van der Waals surface area contributed by atoms with E-state index in [1.807, 2.05) is 0 Å². The standard InChI is InChI=1S/C14H20ClNO3/c1-14(2,10-15)13(17)16-11-4-6-12(7-5-11)19-9-8-18-3/h4-7H,8-10H2,1-3H3,(H,16,17). The number of nitrogens with one attached hydrogen (secondary N) is 1. The Morgan fingerprint density at radius 2 is 1.89 bits per heavy atom. The molecular weight excluding hydrogens is 266 g/mol. The fourth-order valence-corrected chi connectivity index (χ4v) is 1.36. The van der Waals surface area contributed by atoms with Crippen LogP contribution in [-0.4, -0.2) is 32.1 Å². The maximum absolute atomic E-state index is 11.9. The number of methoxy groups -OCH3 is 1. The molecule has 0 saturated carbocycles. The van der Waals surface area contributed by atoms with Crippen molar-refractivity contribution in [2.45, 2.75) is 13.8 Å². The van der Waals surface area contributed by atoms with Gasteiger partial charge in [0.25, 0.3) is 0 Å².